The molecule has 3 heterocycles. The van der Waals surface area contributed by atoms with Crippen LogP contribution in [-0.2, 0) is 0 Å². The summed E-state index contributed by atoms with van der Waals surface area (Å²) >= 11 is 0. The summed E-state index contributed by atoms with van der Waals surface area (Å²) in [6.07, 6.45) is 15.8. The van der Waals surface area contributed by atoms with Crippen molar-refractivity contribution in [2.75, 3.05) is 33.3 Å². The highest BCUT2D eigenvalue weighted by Crippen LogP contribution is 2.46. The van der Waals surface area contributed by atoms with Crippen molar-refractivity contribution in [1.82, 2.24) is 14.7 Å². The van der Waals surface area contributed by atoms with Crippen molar-refractivity contribution in [3.8, 4) is 36.2 Å². The number of terminal acetylenes is 2. The highest BCUT2D eigenvalue weighted by molar-refractivity contribution is 6.11. The number of urea groups is 1. The zero-order valence-corrected chi connectivity index (χ0v) is 27.0. The molecular formula is C39H42N4O3. The van der Waals surface area contributed by atoms with Crippen LogP contribution in [0.1, 0.15) is 79.4 Å². The monoisotopic (exact) mass is 614 g/mol. The van der Waals surface area contributed by atoms with Gasteiger partial charge in [-0.15, -0.1) is 12.8 Å². The van der Waals surface area contributed by atoms with Crippen LogP contribution in [0.5, 0.6) is 11.5 Å². The number of ether oxygens (including phenoxy) is 2. The summed E-state index contributed by atoms with van der Waals surface area (Å²) in [5, 5.41) is 0. The SMILES string of the molecule is C#Cc1ccc(C2N=C(c3ccc(OC)cc3OC(C)C)N(C(=O)N3CCC(N4CCCC4)CC3)C2c2ccc(C#C)cc2)cc1. The molecule has 0 aromatic heterocycles. The number of piperidine rings is 1. The van der Waals surface area contributed by atoms with Gasteiger partial charge in [0.15, 0.2) is 0 Å². The number of likely N-dealkylation sites (tertiary alicyclic amines) is 2. The van der Waals surface area contributed by atoms with Gasteiger partial charge >= 0.3 is 6.03 Å². The molecule has 3 aromatic rings. The summed E-state index contributed by atoms with van der Waals surface area (Å²) in [4.78, 5) is 26.7. The molecule has 2 fully saturated rings. The van der Waals surface area contributed by atoms with E-state index in [4.69, 9.17) is 27.3 Å². The van der Waals surface area contributed by atoms with Crippen molar-refractivity contribution in [3.05, 3.63) is 94.5 Å². The van der Waals surface area contributed by atoms with Crippen LogP contribution in [0, 0.1) is 24.7 Å². The predicted octanol–water partition coefficient (Wildman–Crippen LogP) is 6.67. The van der Waals surface area contributed by atoms with Crippen molar-refractivity contribution >= 4 is 11.9 Å². The Morgan fingerprint density at radius 2 is 1.48 bits per heavy atom. The number of hydrogen-bond donors (Lipinski definition) is 0. The molecule has 0 N–H and O–H groups in total. The van der Waals surface area contributed by atoms with E-state index in [1.165, 1.54) is 12.8 Å². The van der Waals surface area contributed by atoms with E-state index in [0.717, 1.165) is 53.7 Å². The van der Waals surface area contributed by atoms with E-state index >= 15 is 0 Å². The third kappa shape index (κ3) is 6.34. The van der Waals surface area contributed by atoms with Crippen LogP contribution < -0.4 is 9.47 Å². The molecule has 0 radical (unpaired) electrons. The third-order valence-corrected chi connectivity index (χ3v) is 9.30. The molecule has 2 atom stereocenters. The molecule has 236 valence electrons. The Morgan fingerprint density at radius 1 is 0.870 bits per heavy atom. The van der Waals surface area contributed by atoms with Crippen LogP contribution in [0.3, 0.4) is 0 Å². The first kappa shape index (κ1) is 31.3. The number of methoxy groups -OCH3 is 1. The Labute approximate surface area is 273 Å². The van der Waals surface area contributed by atoms with Crippen LogP contribution in [0.15, 0.2) is 71.7 Å². The molecule has 0 spiro atoms. The average molecular weight is 615 g/mol. The fraction of sp³-hybridized carbons (Fsp3) is 0.385. The van der Waals surface area contributed by atoms with Crippen LogP contribution in [0.2, 0.25) is 0 Å². The van der Waals surface area contributed by atoms with Crippen molar-refractivity contribution in [2.24, 2.45) is 4.99 Å². The highest BCUT2D eigenvalue weighted by Gasteiger charge is 2.45. The van der Waals surface area contributed by atoms with Gasteiger partial charge in [0, 0.05) is 36.3 Å². The van der Waals surface area contributed by atoms with Gasteiger partial charge in [0.2, 0.25) is 0 Å². The van der Waals surface area contributed by atoms with E-state index in [1.807, 2.05) is 90.4 Å². The number of rotatable bonds is 7. The molecule has 2 saturated heterocycles. The second kappa shape index (κ2) is 13.7. The summed E-state index contributed by atoms with van der Waals surface area (Å²) in [6.45, 7) is 7.69. The fourth-order valence-corrected chi connectivity index (χ4v) is 6.93. The van der Waals surface area contributed by atoms with E-state index in [-0.39, 0.29) is 12.1 Å². The molecular weight excluding hydrogens is 572 g/mol. The number of carbonyl (C=O) groups is 1. The van der Waals surface area contributed by atoms with E-state index in [9.17, 15) is 4.79 Å². The lowest BCUT2D eigenvalue weighted by Crippen LogP contribution is -2.52. The standard InChI is InChI=1S/C39H42N4O3/c1-6-28-10-14-30(15-11-28)36-37(31-16-12-29(7-2)13-17-31)43(39(44)42-24-20-32(21-25-42)41-22-8-9-23-41)38(40-36)34-19-18-33(45-5)26-35(34)46-27(3)4/h1-2,10-19,26-27,32,36-37H,8-9,20-25H2,3-5H3. The minimum atomic E-state index is -0.420. The molecule has 7 nitrogen and oxygen atoms in total. The number of nitrogens with zero attached hydrogens (tertiary/aromatic N) is 4. The first-order valence-electron chi connectivity index (χ1n) is 16.3. The van der Waals surface area contributed by atoms with E-state index < -0.39 is 12.1 Å². The minimum Gasteiger partial charge on any atom is -0.497 e. The Balaban J connectivity index is 1.46. The van der Waals surface area contributed by atoms with Gasteiger partial charge in [-0.2, -0.15) is 0 Å². The van der Waals surface area contributed by atoms with Gasteiger partial charge in [0.1, 0.15) is 23.4 Å². The maximum absolute atomic E-state index is 14.9. The van der Waals surface area contributed by atoms with Crippen molar-refractivity contribution < 1.29 is 14.3 Å². The van der Waals surface area contributed by atoms with Crippen LogP contribution >= 0.6 is 0 Å². The molecule has 7 heteroatoms. The second-order valence-corrected chi connectivity index (χ2v) is 12.5. The number of amidine groups is 1. The molecule has 2 amide bonds. The normalized spacial score (nSPS) is 20.3. The van der Waals surface area contributed by atoms with Gasteiger partial charge < -0.3 is 19.3 Å². The van der Waals surface area contributed by atoms with Crippen molar-refractivity contribution in [2.45, 2.75) is 63.8 Å². The fourth-order valence-electron chi connectivity index (χ4n) is 6.93. The molecule has 3 aliphatic heterocycles. The molecule has 0 aliphatic carbocycles. The van der Waals surface area contributed by atoms with Gasteiger partial charge in [-0.1, -0.05) is 36.1 Å². The van der Waals surface area contributed by atoms with Crippen LogP contribution in [0.4, 0.5) is 4.79 Å². The Hall–Kier alpha value is -4.72. The lowest BCUT2D eigenvalue weighted by Gasteiger charge is -2.40. The zero-order valence-electron chi connectivity index (χ0n) is 27.0. The first-order valence-corrected chi connectivity index (χ1v) is 16.3. The Kier molecular flexibility index (Phi) is 9.33. The van der Waals surface area contributed by atoms with Crippen LogP contribution in [0.25, 0.3) is 0 Å². The second-order valence-electron chi connectivity index (χ2n) is 12.5. The first-order chi connectivity index (χ1) is 22.4. The quantitative estimate of drug-likeness (QED) is 0.279. The molecule has 3 aromatic carbocycles. The molecule has 2 unspecified atom stereocenters. The Bertz CT molecular complexity index is 1650. The summed E-state index contributed by atoms with van der Waals surface area (Å²) in [6, 6.07) is 21.1. The molecule has 46 heavy (non-hydrogen) atoms. The minimum absolute atomic E-state index is 0.0568. The number of carbonyl (C=O) groups excluding carboxylic acids is 1. The van der Waals surface area contributed by atoms with Crippen molar-refractivity contribution in [3.63, 3.8) is 0 Å². The summed E-state index contributed by atoms with van der Waals surface area (Å²) in [7, 11) is 1.63. The number of amides is 2. The molecule has 3 aliphatic rings. The van der Waals surface area contributed by atoms with Gasteiger partial charge in [-0.05, 0) is 100 Å². The predicted molar refractivity (Wildman–Crippen MR) is 182 cm³/mol. The number of benzene rings is 3. The van der Waals surface area contributed by atoms with E-state index in [2.05, 4.69) is 16.7 Å². The van der Waals surface area contributed by atoms with Gasteiger partial charge in [0.05, 0.1) is 24.8 Å². The molecule has 0 saturated carbocycles. The summed E-state index contributed by atoms with van der Waals surface area (Å²) < 4.78 is 11.9. The topological polar surface area (TPSA) is 57.6 Å². The van der Waals surface area contributed by atoms with Gasteiger partial charge in [-0.3, -0.25) is 9.89 Å². The van der Waals surface area contributed by atoms with E-state index in [1.54, 1.807) is 7.11 Å². The average Bonchev–Trinajstić information content (AvgIpc) is 3.77. The summed E-state index contributed by atoms with van der Waals surface area (Å²) in [5.74, 6) is 7.28. The number of aliphatic imine (C=N–C) groups is 1. The summed E-state index contributed by atoms with van der Waals surface area (Å²) in [5.41, 5.74) is 4.22. The van der Waals surface area contributed by atoms with Gasteiger partial charge in [0.25, 0.3) is 0 Å². The molecule has 0 bridgehead atoms. The smallest absolute Gasteiger partial charge is 0.326 e. The zero-order chi connectivity index (χ0) is 32.2. The highest BCUT2D eigenvalue weighted by atomic mass is 16.5. The van der Waals surface area contributed by atoms with Crippen molar-refractivity contribution in [1.29, 1.82) is 0 Å². The third-order valence-electron chi connectivity index (χ3n) is 9.30. The van der Waals surface area contributed by atoms with Gasteiger partial charge in [-0.25, -0.2) is 4.79 Å². The van der Waals surface area contributed by atoms with Crippen LogP contribution in [-0.4, -0.2) is 72.0 Å². The largest absolute Gasteiger partial charge is 0.497 e. The lowest BCUT2D eigenvalue weighted by molar-refractivity contribution is 0.117. The lowest BCUT2D eigenvalue weighted by atomic mass is 9.92. The maximum atomic E-state index is 14.9. The number of hydrogen-bond acceptors (Lipinski definition) is 5. The maximum Gasteiger partial charge on any atom is 0.326 e. The molecule has 6 rings (SSSR count). The Morgan fingerprint density at radius 3 is 2.04 bits per heavy atom. The van der Waals surface area contributed by atoms with E-state index in [0.29, 0.717) is 36.5 Å².